The molecule has 0 radical (unpaired) electrons. The highest BCUT2D eigenvalue weighted by molar-refractivity contribution is 6.00. The van der Waals surface area contributed by atoms with Gasteiger partial charge in [0.1, 0.15) is 60.1 Å². The molecule has 0 unspecified atom stereocenters. The average Bonchev–Trinajstić information content (AvgIpc) is 1.67. The number of aromatic nitrogens is 2. The lowest BCUT2D eigenvalue weighted by molar-refractivity contribution is -0.145. The van der Waals surface area contributed by atoms with Crippen LogP contribution in [0.1, 0.15) is 77.6 Å². The van der Waals surface area contributed by atoms with Gasteiger partial charge >= 0.3 is 17.9 Å². The van der Waals surface area contributed by atoms with Crippen LogP contribution in [-0.4, -0.2) is 219 Å². The zero-order chi connectivity index (χ0) is 67.7. The average molecular weight is 1270 g/mol. The number of H-pyrrole nitrogens is 1. The Hall–Kier alpha value is -9.64. The number of nitrogens with one attached hydrogen (secondary N) is 11. The summed E-state index contributed by atoms with van der Waals surface area (Å²) in [6, 6.07) is -6.22. The van der Waals surface area contributed by atoms with Crippen molar-refractivity contribution in [2.24, 2.45) is 11.7 Å². The minimum atomic E-state index is -2.14. The first-order valence-electron chi connectivity index (χ1n) is 28.1. The summed E-state index contributed by atoms with van der Waals surface area (Å²) in [6.07, 6.45) is -5.72. The Bertz CT molecular complexity index is 2970. The molecule has 0 spiro atoms. The van der Waals surface area contributed by atoms with Crippen LogP contribution in [0.2, 0.25) is 0 Å². The number of aliphatic hydroxyl groups is 4. The number of carbonyl (C=O) groups is 13. The molecule has 90 heavy (non-hydrogen) atoms. The van der Waals surface area contributed by atoms with Crippen LogP contribution in [-0.2, 0) is 81.6 Å². The highest BCUT2D eigenvalue weighted by Gasteiger charge is 2.39. The van der Waals surface area contributed by atoms with Crippen LogP contribution < -0.4 is 58.9 Å². The summed E-state index contributed by atoms with van der Waals surface area (Å²) in [6.45, 7) is 6.58. The number of phenols is 1. The van der Waals surface area contributed by atoms with Crippen molar-refractivity contribution in [3.63, 3.8) is 0 Å². The standard InChI is InChI=1S/C56H79N13O21/c1-25(2)16-35(61-46(79)26(3)60-48(81)38(20-41(75)76)63-53(86)40(23-70)66-47(80)34(57)19-32-22-58-24-59-32)49(82)62-36(17-30-10-8-7-9-11-30)50(83)67-44(28(5)72)55(88)65-39(21-42(77)78)52(85)68-43(27(4)71)54(87)64-37(18-31-12-14-33(74)15-13-31)51(84)69-45(29(6)73)56(89)90/h7-15,22,24-29,34-40,43-45,70-74H,16-21,23,57H2,1-6H3,(H,58,59)(H,60,81)(H,61,79)(H,62,82)(H,63,86)(H,64,87)(H,65,88)(H,66,80)(H,67,83)(H,68,85)(H,69,84)(H,75,76)(H,77,78)(H,89,90)/t26-,27+,28+,29+,34-,35-,36-,37-,38-,39-,40-,43-,44-,45-/m0/s1. The molecule has 1 heterocycles. The van der Waals surface area contributed by atoms with Gasteiger partial charge in [0.15, 0.2) is 6.04 Å². The number of nitrogens with two attached hydrogens (primary N) is 1. The van der Waals surface area contributed by atoms with Gasteiger partial charge in [-0.25, -0.2) is 9.78 Å². The smallest absolute Gasteiger partial charge is 0.328 e. The van der Waals surface area contributed by atoms with Crippen LogP contribution in [0.3, 0.4) is 0 Å². The fourth-order valence-electron chi connectivity index (χ4n) is 8.51. The molecule has 0 aliphatic rings. The number of amides is 10. The van der Waals surface area contributed by atoms with Gasteiger partial charge in [0.2, 0.25) is 59.1 Å². The molecule has 21 N–H and O–H groups in total. The largest absolute Gasteiger partial charge is 0.508 e. The van der Waals surface area contributed by atoms with Crippen molar-refractivity contribution in [1.29, 1.82) is 0 Å². The zero-order valence-corrected chi connectivity index (χ0v) is 49.9. The quantitative estimate of drug-likeness (QED) is 0.0255. The van der Waals surface area contributed by atoms with E-state index in [1.165, 1.54) is 36.8 Å². The summed E-state index contributed by atoms with van der Waals surface area (Å²) in [5.74, 6) is -17.3. The van der Waals surface area contributed by atoms with Crippen LogP contribution in [0.4, 0.5) is 0 Å². The Morgan fingerprint density at radius 3 is 1.31 bits per heavy atom. The Labute approximate surface area is 514 Å². The first kappa shape index (κ1) is 74.6. The molecule has 0 saturated carbocycles. The van der Waals surface area contributed by atoms with E-state index in [0.29, 0.717) is 16.8 Å². The van der Waals surface area contributed by atoms with Crippen molar-refractivity contribution in [3.8, 4) is 5.75 Å². The third kappa shape index (κ3) is 24.9. The minimum absolute atomic E-state index is 0.0481. The Kier molecular flexibility index (Phi) is 29.8. The summed E-state index contributed by atoms with van der Waals surface area (Å²) in [5.41, 5.74) is 7.11. The van der Waals surface area contributed by atoms with Crippen molar-refractivity contribution in [1.82, 2.24) is 63.1 Å². The molecular weight excluding hydrogens is 1190 g/mol. The van der Waals surface area contributed by atoms with Gasteiger partial charge in [0.25, 0.3) is 0 Å². The van der Waals surface area contributed by atoms with Crippen LogP contribution in [0.5, 0.6) is 5.75 Å². The summed E-state index contributed by atoms with van der Waals surface area (Å²) in [5, 5.41) is 103. The molecule has 0 fully saturated rings. The molecule has 0 bridgehead atoms. The molecule has 0 aliphatic carbocycles. The number of hydrogen-bond donors (Lipinski definition) is 20. The number of aromatic amines is 1. The molecule has 494 valence electrons. The van der Waals surface area contributed by atoms with E-state index in [-0.39, 0.29) is 30.9 Å². The van der Waals surface area contributed by atoms with E-state index in [4.69, 9.17) is 5.73 Å². The summed E-state index contributed by atoms with van der Waals surface area (Å²) >= 11 is 0. The van der Waals surface area contributed by atoms with Gasteiger partial charge in [-0.2, -0.15) is 0 Å². The second-order valence-corrected chi connectivity index (χ2v) is 21.6. The second-order valence-electron chi connectivity index (χ2n) is 21.6. The molecule has 0 aliphatic heterocycles. The first-order valence-corrected chi connectivity index (χ1v) is 28.1. The van der Waals surface area contributed by atoms with Gasteiger partial charge in [-0.15, -0.1) is 0 Å². The van der Waals surface area contributed by atoms with Crippen molar-refractivity contribution in [3.05, 3.63) is 83.9 Å². The number of carboxylic acid groups (broad SMARTS) is 3. The monoisotopic (exact) mass is 1270 g/mol. The van der Waals surface area contributed by atoms with Gasteiger partial charge in [0, 0.05) is 31.2 Å². The number of carbonyl (C=O) groups excluding carboxylic acids is 10. The molecule has 10 amide bonds. The Morgan fingerprint density at radius 2 is 0.867 bits per heavy atom. The lowest BCUT2D eigenvalue weighted by Crippen LogP contribution is -2.63. The van der Waals surface area contributed by atoms with E-state index < -0.39 is 188 Å². The number of aliphatic hydroxyl groups excluding tert-OH is 4. The van der Waals surface area contributed by atoms with Gasteiger partial charge in [-0.05, 0) is 63.3 Å². The topological polar surface area (TPSA) is 559 Å². The van der Waals surface area contributed by atoms with E-state index in [1.807, 2.05) is 0 Å². The molecule has 3 rings (SSSR count). The predicted molar refractivity (Wildman–Crippen MR) is 311 cm³/mol. The number of aromatic hydroxyl groups is 1. The number of nitrogens with zero attached hydrogens (tertiary/aromatic N) is 1. The van der Waals surface area contributed by atoms with Gasteiger partial charge in [-0.3, -0.25) is 57.5 Å². The minimum Gasteiger partial charge on any atom is -0.508 e. The van der Waals surface area contributed by atoms with Crippen molar-refractivity contribution in [2.45, 2.75) is 165 Å². The van der Waals surface area contributed by atoms with Gasteiger partial charge in [-0.1, -0.05) is 56.3 Å². The van der Waals surface area contributed by atoms with E-state index >= 15 is 0 Å². The fraction of sp³-hybridized carbons (Fsp3) is 0.500. The molecule has 14 atom stereocenters. The maximum atomic E-state index is 14.3. The van der Waals surface area contributed by atoms with Crippen molar-refractivity contribution < 1.29 is 103 Å². The SMILES string of the molecule is CC(C)C[C@H](NC(=O)[C@H](C)NC(=O)[C@H](CC(=O)O)NC(=O)[C@H](CO)NC(=O)[C@@H](N)Cc1cnc[nH]1)C(=O)N[C@@H](Cc1ccccc1)C(=O)N[C@H](C(=O)N[C@@H](CC(=O)O)C(=O)N[C@H](C(=O)N[C@@H](Cc1ccc(O)cc1)C(=O)N[C@H](C(=O)O)[C@@H](C)O)[C@@H](C)O)[C@@H](C)O. The summed E-state index contributed by atoms with van der Waals surface area (Å²) in [4.78, 5) is 179. The van der Waals surface area contributed by atoms with Gasteiger partial charge < -0.3 is 105 Å². The van der Waals surface area contributed by atoms with Crippen LogP contribution in [0, 0.1) is 5.92 Å². The molecule has 1 aromatic heterocycles. The molecule has 34 heteroatoms. The molecule has 0 saturated heterocycles. The maximum absolute atomic E-state index is 14.3. The Morgan fingerprint density at radius 1 is 0.467 bits per heavy atom. The second kappa shape index (κ2) is 36.0. The lowest BCUT2D eigenvalue weighted by atomic mass is 10.00. The number of benzene rings is 2. The maximum Gasteiger partial charge on any atom is 0.328 e. The van der Waals surface area contributed by atoms with Crippen molar-refractivity contribution >= 4 is 77.0 Å². The number of hydrogen-bond acceptors (Lipinski definition) is 20. The third-order valence-corrected chi connectivity index (χ3v) is 13.4. The van der Waals surface area contributed by atoms with E-state index in [9.17, 15) is 103 Å². The Balaban J connectivity index is 1.84. The normalized spacial score (nSPS) is 15.8. The van der Waals surface area contributed by atoms with Gasteiger partial charge in [0.05, 0.1) is 50.1 Å². The van der Waals surface area contributed by atoms with Crippen molar-refractivity contribution in [2.75, 3.05) is 6.61 Å². The first-order chi connectivity index (χ1) is 42.2. The number of phenolic OH excluding ortho intramolecular Hbond substituents is 1. The number of imidazole rings is 1. The molecular formula is C56H79N13O21. The zero-order valence-electron chi connectivity index (χ0n) is 49.9. The highest BCUT2D eigenvalue weighted by atomic mass is 16.4. The molecule has 34 nitrogen and oxygen atoms in total. The van der Waals surface area contributed by atoms with Crippen LogP contribution >= 0.6 is 0 Å². The highest BCUT2D eigenvalue weighted by Crippen LogP contribution is 2.14. The summed E-state index contributed by atoms with van der Waals surface area (Å²) < 4.78 is 0. The molecule has 2 aromatic carbocycles. The molecule has 3 aromatic rings. The number of rotatable bonds is 37. The van der Waals surface area contributed by atoms with E-state index in [2.05, 4.69) is 63.1 Å². The van der Waals surface area contributed by atoms with Crippen LogP contribution in [0.25, 0.3) is 0 Å². The number of aliphatic carboxylic acids is 3. The number of carboxylic acids is 3. The third-order valence-electron chi connectivity index (χ3n) is 13.4. The fourth-order valence-corrected chi connectivity index (χ4v) is 8.51. The van der Waals surface area contributed by atoms with Crippen LogP contribution in [0.15, 0.2) is 67.1 Å². The lowest BCUT2D eigenvalue weighted by Gasteiger charge is -2.29. The summed E-state index contributed by atoms with van der Waals surface area (Å²) in [7, 11) is 0. The predicted octanol–water partition coefficient (Wildman–Crippen LogP) is -6.45. The van der Waals surface area contributed by atoms with E-state index in [1.54, 1.807) is 44.2 Å². The van der Waals surface area contributed by atoms with E-state index in [0.717, 1.165) is 27.7 Å².